The fraction of sp³-hybridized carbons (Fsp3) is 0.400. The van der Waals surface area contributed by atoms with E-state index in [0.717, 1.165) is 18.7 Å². The lowest BCUT2D eigenvalue weighted by molar-refractivity contribution is 0.476. The minimum Gasteiger partial charge on any atom is -0.265 e. The Labute approximate surface area is 113 Å². The van der Waals surface area contributed by atoms with Gasteiger partial charge in [0.2, 0.25) is 0 Å². The van der Waals surface area contributed by atoms with E-state index in [1.807, 2.05) is 16.8 Å². The van der Waals surface area contributed by atoms with Crippen LogP contribution < -0.4 is 0 Å². The van der Waals surface area contributed by atoms with Crippen LogP contribution in [0.1, 0.15) is 19.5 Å². The zero-order chi connectivity index (χ0) is 13.2. The lowest BCUT2D eigenvalue weighted by Crippen LogP contribution is -2.19. The number of aromatic nitrogens is 2. The molecule has 0 amide bonds. The topological polar surface area (TPSA) is 17.8 Å². The molecule has 0 aliphatic heterocycles. The van der Waals surface area contributed by atoms with Crippen molar-refractivity contribution >= 4 is 22.5 Å². The van der Waals surface area contributed by atoms with Crippen molar-refractivity contribution < 1.29 is 0 Å². The van der Waals surface area contributed by atoms with E-state index in [2.05, 4.69) is 38.6 Å². The molecule has 0 radical (unpaired) electrons. The third-order valence-corrected chi connectivity index (χ3v) is 4.01. The van der Waals surface area contributed by atoms with Crippen LogP contribution in [-0.4, -0.2) is 15.7 Å². The SMILES string of the molecule is C=CC(C)(CCl)Cc1nn(CC)c2ccccc12. The van der Waals surface area contributed by atoms with Crippen molar-refractivity contribution in [1.29, 1.82) is 0 Å². The van der Waals surface area contributed by atoms with Gasteiger partial charge in [0.15, 0.2) is 0 Å². The minimum absolute atomic E-state index is 0.0999. The highest BCUT2D eigenvalue weighted by Crippen LogP contribution is 2.29. The van der Waals surface area contributed by atoms with Crippen LogP contribution in [0.4, 0.5) is 0 Å². The number of aryl methyl sites for hydroxylation is 1. The Morgan fingerprint density at radius 2 is 2.17 bits per heavy atom. The van der Waals surface area contributed by atoms with Crippen LogP contribution in [0.5, 0.6) is 0 Å². The van der Waals surface area contributed by atoms with Gasteiger partial charge in [-0.2, -0.15) is 5.10 Å². The molecule has 0 aliphatic carbocycles. The maximum Gasteiger partial charge on any atom is 0.0712 e. The van der Waals surface area contributed by atoms with Crippen LogP contribution in [0.2, 0.25) is 0 Å². The first kappa shape index (κ1) is 13.2. The molecule has 0 bridgehead atoms. The number of fused-ring (bicyclic) bond motifs is 1. The largest absolute Gasteiger partial charge is 0.265 e. The minimum atomic E-state index is -0.0999. The maximum absolute atomic E-state index is 6.04. The summed E-state index contributed by atoms with van der Waals surface area (Å²) in [6, 6.07) is 8.34. The van der Waals surface area contributed by atoms with E-state index in [0.29, 0.717) is 5.88 Å². The van der Waals surface area contributed by atoms with Crippen molar-refractivity contribution in [3.8, 4) is 0 Å². The monoisotopic (exact) mass is 262 g/mol. The van der Waals surface area contributed by atoms with Gasteiger partial charge in [-0.15, -0.1) is 18.2 Å². The molecule has 1 aromatic heterocycles. The fourth-order valence-electron chi connectivity index (χ4n) is 2.12. The molecule has 3 heteroatoms. The molecule has 0 saturated heterocycles. The number of hydrogen-bond donors (Lipinski definition) is 0. The molecule has 0 spiro atoms. The van der Waals surface area contributed by atoms with Crippen molar-refractivity contribution in [2.45, 2.75) is 26.8 Å². The number of para-hydroxylation sites is 1. The Balaban J connectivity index is 2.48. The van der Waals surface area contributed by atoms with Crippen LogP contribution in [0, 0.1) is 5.41 Å². The molecule has 1 atom stereocenters. The molecular weight excluding hydrogens is 244 g/mol. The second-order valence-electron chi connectivity index (χ2n) is 4.95. The third-order valence-electron chi connectivity index (χ3n) is 3.40. The number of hydrogen-bond acceptors (Lipinski definition) is 1. The van der Waals surface area contributed by atoms with Crippen LogP contribution in [-0.2, 0) is 13.0 Å². The summed E-state index contributed by atoms with van der Waals surface area (Å²) in [7, 11) is 0. The summed E-state index contributed by atoms with van der Waals surface area (Å²) in [5.41, 5.74) is 2.20. The lowest BCUT2D eigenvalue weighted by atomic mass is 9.87. The Bertz CT molecular complexity index is 559. The molecule has 96 valence electrons. The predicted octanol–water partition coefficient (Wildman–Crippen LogP) is 4.03. The molecule has 18 heavy (non-hydrogen) atoms. The number of halogens is 1. The molecule has 0 N–H and O–H groups in total. The summed E-state index contributed by atoms with van der Waals surface area (Å²) in [6.45, 7) is 9.00. The molecule has 0 aliphatic rings. The zero-order valence-electron chi connectivity index (χ0n) is 11.0. The first-order valence-electron chi connectivity index (χ1n) is 6.27. The number of alkyl halides is 1. The van der Waals surface area contributed by atoms with E-state index in [9.17, 15) is 0 Å². The molecule has 1 unspecified atom stereocenters. The Morgan fingerprint density at radius 1 is 1.44 bits per heavy atom. The van der Waals surface area contributed by atoms with Crippen molar-refractivity contribution in [2.24, 2.45) is 5.41 Å². The third kappa shape index (κ3) is 2.30. The van der Waals surface area contributed by atoms with Crippen LogP contribution >= 0.6 is 11.6 Å². The van der Waals surface area contributed by atoms with Crippen LogP contribution in [0.15, 0.2) is 36.9 Å². The van der Waals surface area contributed by atoms with Crippen molar-refractivity contribution in [3.63, 3.8) is 0 Å². The predicted molar refractivity (Wildman–Crippen MR) is 78.1 cm³/mol. The number of allylic oxidation sites excluding steroid dienone is 1. The zero-order valence-corrected chi connectivity index (χ0v) is 11.7. The van der Waals surface area contributed by atoms with Gasteiger partial charge in [-0.05, 0) is 13.0 Å². The van der Waals surface area contributed by atoms with E-state index in [1.54, 1.807) is 0 Å². The molecule has 0 fully saturated rings. The Morgan fingerprint density at radius 3 is 2.78 bits per heavy atom. The second-order valence-corrected chi connectivity index (χ2v) is 5.22. The highest BCUT2D eigenvalue weighted by Gasteiger charge is 2.23. The standard InChI is InChI=1S/C15H19ClN2/c1-4-15(3,11-16)10-13-12-8-6-7-9-14(12)18(5-2)17-13/h4,6-9H,1,5,10-11H2,2-3H3. The summed E-state index contributed by atoms with van der Waals surface area (Å²) in [6.07, 6.45) is 2.76. The molecular formula is C15H19ClN2. The van der Waals surface area contributed by atoms with Gasteiger partial charge in [0.1, 0.15) is 0 Å². The van der Waals surface area contributed by atoms with Gasteiger partial charge in [-0.1, -0.05) is 31.2 Å². The normalized spacial score (nSPS) is 14.6. The number of rotatable bonds is 5. The van der Waals surface area contributed by atoms with Crippen LogP contribution in [0.3, 0.4) is 0 Å². The first-order valence-corrected chi connectivity index (χ1v) is 6.81. The summed E-state index contributed by atoms with van der Waals surface area (Å²) in [5, 5.41) is 5.92. The van der Waals surface area contributed by atoms with Gasteiger partial charge in [0.05, 0.1) is 11.2 Å². The van der Waals surface area contributed by atoms with Gasteiger partial charge in [-0.25, -0.2) is 0 Å². The second kappa shape index (κ2) is 5.15. The smallest absolute Gasteiger partial charge is 0.0712 e. The average molecular weight is 263 g/mol. The first-order chi connectivity index (χ1) is 8.63. The average Bonchev–Trinajstić information content (AvgIpc) is 2.77. The summed E-state index contributed by atoms with van der Waals surface area (Å²) >= 11 is 6.04. The van der Waals surface area contributed by atoms with E-state index >= 15 is 0 Å². The van der Waals surface area contributed by atoms with Crippen LogP contribution in [0.25, 0.3) is 10.9 Å². The van der Waals surface area contributed by atoms with Gasteiger partial charge in [-0.3, -0.25) is 4.68 Å². The van der Waals surface area contributed by atoms with Crippen molar-refractivity contribution in [3.05, 3.63) is 42.6 Å². The van der Waals surface area contributed by atoms with E-state index in [-0.39, 0.29) is 5.41 Å². The van der Waals surface area contributed by atoms with E-state index < -0.39 is 0 Å². The quantitative estimate of drug-likeness (QED) is 0.588. The molecule has 2 nitrogen and oxygen atoms in total. The summed E-state index contributed by atoms with van der Waals surface area (Å²) < 4.78 is 2.04. The van der Waals surface area contributed by atoms with Crippen molar-refractivity contribution in [1.82, 2.24) is 9.78 Å². The molecule has 1 heterocycles. The number of nitrogens with zero attached hydrogens (tertiary/aromatic N) is 2. The van der Waals surface area contributed by atoms with E-state index in [1.165, 1.54) is 10.9 Å². The number of benzene rings is 1. The lowest BCUT2D eigenvalue weighted by Gasteiger charge is -2.21. The molecule has 0 saturated carbocycles. The van der Waals surface area contributed by atoms with Gasteiger partial charge >= 0.3 is 0 Å². The van der Waals surface area contributed by atoms with E-state index in [4.69, 9.17) is 16.7 Å². The molecule has 2 aromatic rings. The summed E-state index contributed by atoms with van der Waals surface area (Å²) in [5.74, 6) is 0.559. The fourth-order valence-corrected chi connectivity index (χ4v) is 2.33. The molecule has 2 rings (SSSR count). The molecule has 1 aromatic carbocycles. The van der Waals surface area contributed by atoms with Gasteiger partial charge in [0.25, 0.3) is 0 Å². The summed E-state index contributed by atoms with van der Waals surface area (Å²) in [4.78, 5) is 0. The maximum atomic E-state index is 6.04. The van der Waals surface area contributed by atoms with Gasteiger partial charge in [0, 0.05) is 29.6 Å². The highest BCUT2D eigenvalue weighted by atomic mass is 35.5. The van der Waals surface area contributed by atoms with Gasteiger partial charge < -0.3 is 0 Å². The Hall–Kier alpha value is -1.28. The highest BCUT2D eigenvalue weighted by molar-refractivity contribution is 6.18. The van der Waals surface area contributed by atoms with Crippen molar-refractivity contribution in [2.75, 3.05) is 5.88 Å². The Kier molecular flexibility index (Phi) is 3.76.